The second-order valence-corrected chi connectivity index (χ2v) is 7.97. The summed E-state index contributed by atoms with van der Waals surface area (Å²) >= 11 is 5.90. The van der Waals surface area contributed by atoms with E-state index in [1.54, 1.807) is 30.3 Å². The van der Waals surface area contributed by atoms with E-state index in [0.29, 0.717) is 58.9 Å². The van der Waals surface area contributed by atoms with E-state index in [4.69, 9.17) is 16.3 Å². The number of ether oxygens (including phenoxy) is 1. The number of nitrogens with one attached hydrogen (secondary N) is 2. The number of fused-ring (bicyclic) bond motifs is 1. The molecule has 0 bridgehead atoms. The van der Waals surface area contributed by atoms with Gasteiger partial charge in [-0.05, 0) is 41.5 Å². The number of hydrogen-bond acceptors (Lipinski definition) is 5. The van der Waals surface area contributed by atoms with Gasteiger partial charge in [0.15, 0.2) is 0 Å². The highest BCUT2D eigenvalue weighted by molar-refractivity contribution is 6.30. The Morgan fingerprint density at radius 2 is 1.90 bits per heavy atom. The van der Waals surface area contributed by atoms with Crippen LogP contribution in [0.1, 0.15) is 27.0 Å². The SMILES string of the molecule is O=C(NCc1ccc(Cl)cc1)c1ccc2[nH]c(=O)c(CN3CCOCC3)cc2c1CO. The number of hydrogen-bond donors (Lipinski definition) is 3. The number of rotatable bonds is 6. The van der Waals surface area contributed by atoms with Gasteiger partial charge in [-0.1, -0.05) is 23.7 Å². The second-order valence-electron chi connectivity index (χ2n) is 7.53. The van der Waals surface area contributed by atoms with E-state index >= 15 is 0 Å². The van der Waals surface area contributed by atoms with Crippen LogP contribution in [-0.4, -0.2) is 47.2 Å². The number of carbonyl (C=O) groups is 1. The quantitative estimate of drug-likeness (QED) is 0.546. The normalized spacial score (nSPS) is 14.6. The van der Waals surface area contributed by atoms with E-state index in [2.05, 4.69) is 15.2 Å². The van der Waals surface area contributed by atoms with Crippen molar-refractivity contribution in [3.8, 4) is 0 Å². The molecule has 31 heavy (non-hydrogen) atoms. The molecule has 0 spiro atoms. The maximum Gasteiger partial charge on any atom is 0.252 e. The first-order chi connectivity index (χ1) is 15.0. The Morgan fingerprint density at radius 3 is 2.61 bits per heavy atom. The monoisotopic (exact) mass is 441 g/mol. The van der Waals surface area contributed by atoms with Gasteiger partial charge in [-0.15, -0.1) is 0 Å². The number of nitrogens with zero attached hydrogens (tertiary/aromatic N) is 1. The molecule has 7 nitrogen and oxygen atoms in total. The molecule has 0 aliphatic carbocycles. The van der Waals surface area contributed by atoms with Gasteiger partial charge in [0.05, 0.1) is 19.8 Å². The van der Waals surface area contributed by atoms with Crippen LogP contribution in [0.4, 0.5) is 0 Å². The number of benzene rings is 2. The number of aliphatic hydroxyl groups is 1. The Kier molecular flexibility index (Phi) is 6.67. The molecule has 0 saturated carbocycles. The van der Waals surface area contributed by atoms with Gasteiger partial charge < -0.3 is 20.1 Å². The predicted molar refractivity (Wildman–Crippen MR) is 119 cm³/mol. The number of halogens is 1. The van der Waals surface area contributed by atoms with Crippen LogP contribution in [-0.2, 0) is 24.4 Å². The Labute approximate surface area is 184 Å². The minimum atomic E-state index is -0.315. The zero-order chi connectivity index (χ0) is 21.8. The molecule has 8 heteroatoms. The lowest BCUT2D eigenvalue weighted by molar-refractivity contribution is 0.0340. The molecule has 3 aromatic rings. The fourth-order valence-corrected chi connectivity index (χ4v) is 3.89. The minimum Gasteiger partial charge on any atom is -0.392 e. The van der Waals surface area contributed by atoms with Crippen molar-refractivity contribution in [2.45, 2.75) is 19.7 Å². The molecule has 1 aromatic heterocycles. The molecule has 3 N–H and O–H groups in total. The number of aromatic amines is 1. The highest BCUT2D eigenvalue weighted by Gasteiger charge is 2.17. The van der Waals surface area contributed by atoms with Crippen LogP contribution >= 0.6 is 11.6 Å². The van der Waals surface area contributed by atoms with Gasteiger partial charge in [0.2, 0.25) is 0 Å². The molecule has 2 heterocycles. The van der Waals surface area contributed by atoms with Gasteiger partial charge in [0.25, 0.3) is 11.5 Å². The number of carbonyl (C=O) groups excluding carboxylic acids is 1. The van der Waals surface area contributed by atoms with E-state index in [1.807, 2.05) is 12.1 Å². The third-order valence-corrected chi connectivity index (χ3v) is 5.73. The summed E-state index contributed by atoms with van der Waals surface area (Å²) in [5, 5.41) is 14.2. The van der Waals surface area contributed by atoms with Gasteiger partial charge in [-0.2, -0.15) is 0 Å². The zero-order valence-corrected chi connectivity index (χ0v) is 17.7. The molecule has 1 fully saturated rings. The number of H-pyrrole nitrogens is 1. The molecule has 1 aliphatic rings. The second kappa shape index (κ2) is 9.62. The summed E-state index contributed by atoms with van der Waals surface area (Å²) in [5.74, 6) is -0.290. The third-order valence-electron chi connectivity index (χ3n) is 5.48. The standard InChI is InChI=1S/C23H24ClN3O4/c24-17-3-1-15(2-4-17)12-25-23(30)18-5-6-21-19(20(18)14-28)11-16(22(29)26-21)13-27-7-9-31-10-8-27/h1-6,11,28H,7-10,12-14H2,(H,25,30)(H,26,29). The van der Waals surface area contributed by atoms with Gasteiger partial charge in [-0.25, -0.2) is 0 Å². The van der Waals surface area contributed by atoms with Gasteiger partial charge in [-0.3, -0.25) is 14.5 Å². The maximum absolute atomic E-state index is 12.8. The summed E-state index contributed by atoms with van der Waals surface area (Å²) in [7, 11) is 0. The van der Waals surface area contributed by atoms with Crippen LogP contribution in [0, 0.1) is 0 Å². The van der Waals surface area contributed by atoms with Gasteiger partial charge in [0, 0.05) is 53.2 Å². The molecule has 1 saturated heterocycles. The van der Waals surface area contributed by atoms with Crippen LogP contribution in [0.5, 0.6) is 0 Å². The number of amides is 1. The Balaban J connectivity index is 1.61. The molecule has 1 amide bonds. The van der Waals surface area contributed by atoms with Crippen LogP contribution in [0.3, 0.4) is 0 Å². The molecule has 4 rings (SSSR count). The van der Waals surface area contributed by atoms with E-state index in [1.165, 1.54) is 0 Å². The highest BCUT2D eigenvalue weighted by atomic mass is 35.5. The van der Waals surface area contributed by atoms with E-state index in [9.17, 15) is 14.7 Å². The van der Waals surface area contributed by atoms with Crippen molar-refractivity contribution >= 4 is 28.4 Å². The average Bonchev–Trinajstić information content (AvgIpc) is 2.79. The summed E-state index contributed by atoms with van der Waals surface area (Å²) in [6, 6.07) is 12.3. The summed E-state index contributed by atoms with van der Waals surface area (Å²) in [6.07, 6.45) is 0. The van der Waals surface area contributed by atoms with Gasteiger partial charge >= 0.3 is 0 Å². The molecule has 0 radical (unpaired) electrons. The average molecular weight is 442 g/mol. The smallest absolute Gasteiger partial charge is 0.252 e. The van der Waals surface area contributed by atoms with Crippen molar-refractivity contribution in [3.05, 3.63) is 80.1 Å². The largest absolute Gasteiger partial charge is 0.392 e. The Hall–Kier alpha value is -2.71. The summed E-state index contributed by atoms with van der Waals surface area (Å²) < 4.78 is 5.37. The van der Waals surface area contributed by atoms with Crippen molar-refractivity contribution in [2.75, 3.05) is 26.3 Å². The first kappa shape index (κ1) is 21.5. The van der Waals surface area contributed by atoms with Crippen LogP contribution in [0.25, 0.3) is 10.9 Å². The topological polar surface area (TPSA) is 94.7 Å². The van der Waals surface area contributed by atoms with E-state index in [-0.39, 0.29) is 18.1 Å². The highest BCUT2D eigenvalue weighted by Crippen LogP contribution is 2.22. The fourth-order valence-electron chi connectivity index (χ4n) is 3.76. The van der Waals surface area contributed by atoms with Crippen molar-refractivity contribution in [3.63, 3.8) is 0 Å². The maximum atomic E-state index is 12.8. The summed E-state index contributed by atoms with van der Waals surface area (Å²) in [4.78, 5) is 30.4. The number of pyridine rings is 1. The first-order valence-electron chi connectivity index (χ1n) is 10.2. The lowest BCUT2D eigenvalue weighted by Gasteiger charge is -2.26. The first-order valence-corrected chi connectivity index (χ1v) is 10.5. The van der Waals surface area contributed by atoms with E-state index < -0.39 is 0 Å². The van der Waals surface area contributed by atoms with Crippen molar-refractivity contribution in [2.24, 2.45) is 0 Å². The van der Waals surface area contributed by atoms with Gasteiger partial charge in [0.1, 0.15) is 0 Å². The van der Waals surface area contributed by atoms with Crippen LogP contribution < -0.4 is 10.9 Å². The van der Waals surface area contributed by atoms with Crippen molar-refractivity contribution < 1.29 is 14.6 Å². The molecule has 0 atom stereocenters. The number of morpholine rings is 1. The fraction of sp³-hybridized carbons (Fsp3) is 0.304. The van der Waals surface area contributed by atoms with Crippen molar-refractivity contribution in [1.29, 1.82) is 0 Å². The number of aliphatic hydroxyl groups excluding tert-OH is 1. The minimum absolute atomic E-state index is 0.164. The molecule has 162 valence electrons. The Morgan fingerprint density at radius 1 is 1.16 bits per heavy atom. The predicted octanol–water partition coefficient (Wildman–Crippen LogP) is 2.44. The lowest BCUT2D eigenvalue weighted by atomic mass is 10.00. The summed E-state index contributed by atoms with van der Waals surface area (Å²) in [6.45, 7) is 3.33. The van der Waals surface area contributed by atoms with Crippen molar-refractivity contribution in [1.82, 2.24) is 15.2 Å². The van der Waals surface area contributed by atoms with Crippen LogP contribution in [0.2, 0.25) is 5.02 Å². The van der Waals surface area contributed by atoms with Crippen LogP contribution in [0.15, 0.2) is 47.3 Å². The molecule has 0 unspecified atom stereocenters. The molecule has 1 aliphatic heterocycles. The van der Waals surface area contributed by atoms with E-state index in [0.717, 1.165) is 18.7 Å². The molecule has 2 aromatic carbocycles. The molecular formula is C23H24ClN3O4. The number of aromatic nitrogens is 1. The Bertz CT molecular complexity index is 1140. The zero-order valence-electron chi connectivity index (χ0n) is 17.0. The third kappa shape index (κ3) is 4.97. The molecular weight excluding hydrogens is 418 g/mol. The summed E-state index contributed by atoms with van der Waals surface area (Å²) in [5.41, 5.74) is 2.82. The lowest BCUT2D eigenvalue weighted by Crippen LogP contribution is -2.37.